The third kappa shape index (κ3) is 4.85. The van der Waals surface area contributed by atoms with Crippen LogP contribution in [0, 0.1) is 5.41 Å². The molecule has 3 heterocycles. The summed E-state index contributed by atoms with van der Waals surface area (Å²) in [5.41, 5.74) is 0.499. The lowest BCUT2D eigenvalue weighted by Gasteiger charge is -2.17. The van der Waals surface area contributed by atoms with Gasteiger partial charge in [0, 0.05) is 37.0 Å². The summed E-state index contributed by atoms with van der Waals surface area (Å²) in [6.07, 6.45) is -9.90. The van der Waals surface area contributed by atoms with Gasteiger partial charge in [0.2, 0.25) is 5.62 Å². The van der Waals surface area contributed by atoms with Gasteiger partial charge in [-0.15, -0.1) is 0 Å². The minimum atomic E-state index is -4.89. The lowest BCUT2D eigenvalue weighted by molar-refractivity contribution is -0.206. The number of fused-ring (bicyclic) bond motifs is 1. The molecular formula is C26H21F6N7O. The zero-order valence-electron chi connectivity index (χ0n) is 21.0. The van der Waals surface area contributed by atoms with Crippen molar-refractivity contribution >= 4 is 11.2 Å². The van der Waals surface area contributed by atoms with E-state index in [1.165, 1.54) is 45.1 Å². The van der Waals surface area contributed by atoms with Crippen molar-refractivity contribution in [2.75, 3.05) is 0 Å². The largest absolute Gasteiger partial charge is 0.434 e. The highest BCUT2D eigenvalue weighted by molar-refractivity contribution is 5.74. The van der Waals surface area contributed by atoms with Crippen molar-refractivity contribution in [3.8, 4) is 22.8 Å². The predicted octanol–water partition coefficient (Wildman–Crippen LogP) is 4.98. The molecule has 0 saturated carbocycles. The molecule has 1 atom stereocenters. The van der Waals surface area contributed by atoms with Crippen LogP contribution in [0.2, 0.25) is 0 Å². The standard InChI is InChI=1S/C26H21F6N7O/c1-37-13-19(25(27,28)29)35-22(37)15-9-7-14(8-10-15)12-39-23-18(38(2)24(39)33)11-34-21(36-23)17-6-4-3-5-16(17)20(40)26(30,31)32/h3-11,13,20,33,40H,12H2,1-2H3. The van der Waals surface area contributed by atoms with Gasteiger partial charge in [-0.1, -0.05) is 48.5 Å². The van der Waals surface area contributed by atoms with E-state index in [2.05, 4.69) is 15.0 Å². The van der Waals surface area contributed by atoms with Crippen LogP contribution in [0.15, 0.2) is 60.9 Å². The third-order valence-corrected chi connectivity index (χ3v) is 6.47. The Morgan fingerprint density at radius 2 is 1.62 bits per heavy atom. The molecule has 1 unspecified atom stereocenters. The van der Waals surface area contributed by atoms with E-state index < -0.39 is 29.7 Å². The Morgan fingerprint density at radius 1 is 0.950 bits per heavy atom. The van der Waals surface area contributed by atoms with Gasteiger partial charge in [0.15, 0.2) is 23.3 Å². The van der Waals surface area contributed by atoms with Gasteiger partial charge in [-0.2, -0.15) is 26.3 Å². The zero-order valence-corrected chi connectivity index (χ0v) is 21.0. The molecular weight excluding hydrogens is 540 g/mol. The quantitative estimate of drug-likeness (QED) is 0.296. The van der Waals surface area contributed by atoms with E-state index in [1.54, 1.807) is 31.3 Å². The van der Waals surface area contributed by atoms with E-state index in [0.717, 1.165) is 12.3 Å². The second-order valence-corrected chi connectivity index (χ2v) is 9.16. The molecule has 3 aromatic heterocycles. The summed E-state index contributed by atoms with van der Waals surface area (Å²) in [6.45, 7) is 0.133. The number of rotatable bonds is 5. The maximum Gasteiger partial charge on any atom is 0.434 e. The first-order valence-electron chi connectivity index (χ1n) is 11.8. The second kappa shape index (κ2) is 9.62. The third-order valence-electron chi connectivity index (χ3n) is 6.47. The SMILES string of the molecule is Cn1cc(C(F)(F)F)nc1-c1ccc(Cn2c(=N)n(C)c3cnc(-c4ccccc4C(O)C(F)(F)F)nc32)cc1. The van der Waals surface area contributed by atoms with Crippen molar-refractivity contribution in [2.45, 2.75) is 25.0 Å². The Bertz CT molecular complexity index is 1760. The van der Waals surface area contributed by atoms with Crippen molar-refractivity contribution in [3.63, 3.8) is 0 Å². The number of halogens is 6. The van der Waals surface area contributed by atoms with E-state index in [0.29, 0.717) is 16.6 Å². The summed E-state index contributed by atoms with van der Waals surface area (Å²) in [5, 5.41) is 18.4. The lowest BCUT2D eigenvalue weighted by atomic mass is 10.0. The lowest BCUT2D eigenvalue weighted by Crippen LogP contribution is -2.23. The average Bonchev–Trinajstić information content (AvgIpc) is 3.41. The van der Waals surface area contributed by atoms with Gasteiger partial charge < -0.3 is 14.2 Å². The molecule has 0 aliphatic rings. The second-order valence-electron chi connectivity index (χ2n) is 9.16. The molecule has 208 valence electrons. The molecule has 2 aromatic carbocycles. The minimum Gasteiger partial charge on any atom is -0.379 e. The van der Waals surface area contributed by atoms with Gasteiger partial charge >= 0.3 is 12.4 Å². The molecule has 0 spiro atoms. The molecule has 2 N–H and O–H groups in total. The summed E-state index contributed by atoms with van der Waals surface area (Å²) < 4.78 is 83.3. The molecule has 0 radical (unpaired) electrons. The Morgan fingerprint density at radius 3 is 2.25 bits per heavy atom. The number of imidazole rings is 2. The number of hydrogen-bond donors (Lipinski definition) is 2. The van der Waals surface area contributed by atoms with Crippen LogP contribution in [-0.4, -0.2) is 39.9 Å². The van der Waals surface area contributed by atoms with E-state index in [1.807, 2.05) is 0 Å². The fourth-order valence-electron chi connectivity index (χ4n) is 4.41. The fraction of sp³-hybridized carbons (Fsp3) is 0.231. The topological polar surface area (TPSA) is 97.5 Å². The highest BCUT2D eigenvalue weighted by atomic mass is 19.4. The predicted molar refractivity (Wildman–Crippen MR) is 132 cm³/mol. The van der Waals surface area contributed by atoms with Crippen LogP contribution < -0.4 is 5.62 Å². The van der Waals surface area contributed by atoms with Crippen LogP contribution in [0.3, 0.4) is 0 Å². The molecule has 0 aliphatic heterocycles. The fourth-order valence-corrected chi connectivity index (χ4v) is 4.41. The number of benzene rings is 2. The van der Waals surface area contributed by atoms with Crippen LogP contribution >= 0.6 is 0 Å². The Balaban J connectivity index is 1.52. The van der Waals surface area contributed by atoms with E-state index in [4.69, 9.17) is 5.41 Å². The van der Waals surface area contributed by atoms with Gasteiger partial charge in [0.05, 0.1) is 12.7 Å². The number of alkyl halides is 6. The molecule has 8 nitrogen and oxygen atoms in total. The maximum atomic E-state index is 13.3. The summed E-state index contributed by atoms with van der Waals surface area (Å²) in [6, 6.07) is 12.0. The average molecular weight is 561 g/mol. The number of aromatic nitrogens is 6. The van der Waals surface area contributed by atoms with Crippen molar-refractivity contribution in [2.24, 2.45) is 14.1 Å². The first-order valence-corrected chi connectivity index (χ1v) is 11.8. The summed E-state index contributed by atoms with van der Waals surface area (Å²) in [5.74, 6) is 0.0753. The monoisotopic (exact) mass is 561 g/mol. The van der Waals surface area contributed by atoms with Crippen molar-refractivity contribution < 1.29 is 31.4 Å². The molecule has 0 saturated heterocycles. The normalized spacial score (nSPS) is 13.2. The first kappa shape index (κ1) is 27.1. The molecule has 0 bridgehead atoms. The van der Waals surface area contributed by atoms with Gasteiger partial charge in [0.1, 0.15) is 11.3 Å². The van der Waals surface area contributed by atoms with Gasteiger partial charge in [-0.25, -0.2) is 15.0 Å². The molecule has 14 heteroatoms. The number of aryl methyl sites for hydroxylation is 2. The summed E-state index contributed by atoms with van der Waals surface area (Å²) >= 11 is 0. The zero-order chi connectivity index (χ0) is 29.0. The Kier molecular flexibility index (Phi) is 6.53. The summed E-state index contributed by atoms with van der Waals surface area (Å²) in [7, 11) is 3.08. The summed E-state index contributed by atoms with van der Waals surface area (Å²) in [4.78, 5) is 12.4. The number of nitrogens with zero attached hydrogens (tertiary/aromatic N) is 6. The van der Waals surface area contributed by atoms with Gasteiger partial charge in [0.25, 0.3) is 0 Å². The Labute approximate surface area is 222 Å². The van der Waals surface area contributed by atoms with Crippen LogP contribution in [0.25, 0.3) is 33.9 Å². The Hall–Kier alpha value is -4.46. The maximum absolute atomic E-state index is 13.3. The molecule has 5 aromatic rings. The van der Waals surface area contributed by atoms with Crippen LogP contribution in [-0.2, 0) is 26.8 Å². The van der Waals surface area contributed by atoms with Gasteiger partial charge in [-0.05, 0) is 5.56 Å². The van der Waals surface area contributed by atoms with Gasteiger partial charge in [-0.3, -0.25) is 9.98 Å². The number of aliphatic hydroxyl groups is 1. The van der Waals surface area contributed by atoms with E-state index in [9.17, 15) is 31.4 Å². The number of hydrogen-bond acceptors (Lipinski definition) is 5. The highest BCUT2D eigenvalue weighted by Gasteiger charge is 2.41. The van der Waals surface area contributed by atoms with Crippen LogP contribution in [0.5, 0.6) is 0 Å². The van der Waals surface area contributed by atoms with Crippen molar-refractivity contribution in [1.29, 1.82) is 5.41 Å². The first-order chi connectivity index (χ1) is 18.8. The van der Waals surface area contributed by atoms with Crippen LogP contribution in [0.4, 0.5) is 26.3 Å². The molecule has 5 rings (SSSR count). The molecule has 0 aliphatic carbocycles. The smallest absolute Gasteiger partial charge is 0.379 e. The number of nitrogens with one attached hydrogen (secondary N) is 1. The van der Waals surface area contributed by atoms with E-state index >= 15 is 0 Å². The van der Waals surface area contributed by atoms with Crippen molar-refractivity contribution in [1.82, 2.24) is 28.7 Å². The minimum absolute atomic E-state index is 0.00574. The molecule has 0 amide bonds. The highest BCUT2D eigenvalue weighted by Crippen LogP contribution is 2.37. The number of aliphatic hydroxyl groups excluding tert-OH is 1. The van der Waals surface area contributed by atoms with E-state index in [-0.39, 0.29) is 35.0 Å². The molecule has 0 fully saturated rings. The van der Waals surface area contributed by atoms with Crippen molar-refractivity contribution in [3.05, 3.63) is 83.4 Å². The molecule has 40 heavy (non-hydrogen) atoms. The van der Waals surface area contributed by atoms with Crippen LogP contribution in [0.1, 0.15) is 22.9 Å².